The third-order valence-electron chi connectivity index (χ3n) is 8.21. The number of fused-ring (bicyclic) bond motifs is 5. The zero-order chi connectivity index (χ0) is 28.6. The topological polar surface area (TPSA) is 183 Å². The molecule has 0 aromatic carbocycles. The molecule has 4 fully saturated rings. The van der Waals surface area contributed by atoms with Crippen LogP contribution in [0.25, 0.3) is 11.2 Å². The van der Waals surface area contributed by atoms with Gasteiger partial charge in [-0.25, -0.2) is 19.1 Å². The smallest absolute Gasteiger partial charge is 0.369 e. The van der Waals surface area contributed by atoms with Crippen molar-refractivity contribution in [3.63, 3.8) is 0 Å². The molecule has 1 saturated carbocycles. The molecule has 3 saturated heterocycles. The number of phosphoric ester groups is 2. The first-order chi connectivity index (χ1) is 19.7. The Labute approximate surface area is 236 Å². The monoisotopic (exact) mass is 618 g/mol. The van der Waals surface area contributed by atoms with Crippen LogP contribution in [-0.2, 0) is 41.2 Å². The van der Waals surface area contributed by atoms with E-state index in [0.717, 1.165) is 38.5 Å². The van der Waals surface area contributed by atoms with Gasteiger partial charge < -0.3 is 19.4 Å². The molecule has 6 rings (SSSR count). The van der Waals surface area contributed by atoms with Crippen molar-refractivity contribution >= 4 is 26.8 Å². The Morgan fingerprint density at radius 2 is 1.68 bits per heavy atom. The number of ether oxygens (including phenoxy) is 2. The first-order valence-corrected chi connectivity index (χ1v) is 17.0. The molecule has 2 N–H and O–H groups in total. The Balaban J connectivity index is 1.26. The van der Waals surface area contributed by atoms with Crippen molar-refractivity contribution in [2.75, 3.05) is 20.3 Å². The lowest BCUT2D eigenvalue weighted by molar-refractivity contribution is -0.0657. The Kier molecular flexibility index (Phi) is 8.82. The quantitative estimate of drug-likeness (QED) is 0.477. The van der Waals surface area contributed by atoms with Crippen LogP contribution in [0.2, 0.25) is 0 Å². The van der Waals surface area contributed by atoms with Crippen LogP contribution in [0.1, 0.15) is 64.0 Å². The first-order valence-electron chi connectivity index (χ1n) is 14.1. The highest BCUT2D eigenvalue weighted by Gasteiger charge is 2.48. The molecule has 228 valence electrons. The van der Waals surface area contributed by atoms with Gasteiger partial charge in [-0.15, -0.1) is 0 Å². The third-order valence-corrected chi connectivity index (χ3v) is 10.7. The number of hydrogen-bond donors (Lipinski definition) is 2. The fourth-order valence-corrected chi connectivity index (χ4v) is 8.34. The van der Waals surface area contributed by atoms with Crippen LogP contribution in [0.3, 0.4) is 0 Å². The fraction of sp³-hybridized carbons (Fsp3) is 0.792. The summed E-state index contributed by atoms with van der Waals surface area (Å²) in [6.07, 6.45) is 6.00. The average molecular weight is 619 g/mol. The van der Waals surface area contributed by atoms with Crippen molar-refractivity contribution < 1.29 is 46.1 Å². The van der Waals surface area contributed by atoms with Crippen LogP contribution in [0.4, 0.5) is 0 Å². The number of aromatic amines is 1. The van der Waals surface area contributed by atoms with Crippen LogP contribution in [0.5, 0.6) is 0 Å². The van der Waals surface area contributed by atoms with Crippen molar-refractivity contribution in [1.82, 2.24) is 19.5 Å². The Morgan fingerprint density at radius 3 is 2.46 bits per heavy atom. The summed E-state index contributed by atoms with van der Waals surface area (Å²) in [4.78, 5) is 33.6. The van der Waals surface area contributed by atoms with Gasteiger partial charge in [0.15, 0.2) is 17.4 Å². The number of rotatable bonds is 3. The minimum atomic E-state index is -4.50. The molecule has 1 aliphatic carbocycles. The summed E-state index contributed by atoms with van der Waals surface area (Å²) in [5, 5.41) is 0. The molecule has 17 heteroatoms. The van der Waals surface area contributed by atoms with Gasteiger partial charge in [-0.2, -0.15) is 0 Å². The van der Waals surface area contributed by atoms with Gasteiger partial charge in [-0.05, 0) is 18.8 Å². The molecule has 2 aromatic heterocycles. The minimum Gasteiger partial charge on any atom is -0.369 e. The number of nitrogens with zero attached hydrogens (tertiary/aromatic N) is 3. The summed E-state index contributed by atoms with van der Waals surface area (Å²) in [5.41, 5.74) is -0.159. The van der Waals surface area contributed by atoms with Gasteiger partial charge in [0.2, 0.25) is 0 Å². The molecule has 4 aliphatic rings. The van der Waals surface area contributed by atoms with Crippen molar-refractivity contribution in [2.45, 2.75) is 94.5 Å². The zero-order valence-electron chi connectivity index (χ0n) is 22.7. The molecule has 41 heavy (non-hydrogen) atoms. The molecule has 15 nitrogen and oxygen atoms in total. The van der Waals surface area contributed by atoms with Crippen LogP contribution < -0.4 is 5.56 Å². The van der Waals surface area contributed by atoms with Crippen molar-refractivity contribution in [3.05, 3.63) is 23.0 Å². The standard InChI is InChI=1S/C24H36N4O11P2/c1-33-41(32)35-12-16-9-18(21(36-16)15-7-5-3-2-4-6-8-15)38-40(30,31)34-11-17-10-19(39-41)24(37-17)28-14-27-20-22(28)25-13-26-23(20)29/h13-19,21,24H,2-12H2,1H3,(H,30,31)(H,25,26,29)/t16?,17?,18-,19-,21?,24?,41?/m1/s1. The fourth-order valence-electron chi connectivity index (χ4n) is 6.26. The predicted octanol–water partition coefficient (Wildman–Crippen LogP) is 3.60. The lowest BCUT2D eigenvalue weighted by atomic mass is 9.85. The van der Waals surface area contributed by atoms with E-state index in [0.29, 0.717) is 0 Å². The van der Waals surface area contributed by atoms with Crippen molar-refractivity contribution in [2.24, 2.45) is 5.92 Å². The van der Waals surface area contributed by atoms with Gasteiger partial charge in [-0.1, -0.05) is 32.1 Å². The van der Waals surface area contributed by atoms with Crippen molar-refractivity contribution in [1.29, 1.82) is 0 Å². The highest BCUT2D eigenvalue weighted by Crippen LogP contribution is 2.55. The molecule has 2 aromatic rings. The SMILES string of the molecule is COP1(=O)OCC2C[C@@H](OP(=O)(O)OCC3C[C@@H](O1)C(n1cnc4c(=O)[nH]cnc41)O3)C(C1CCCCCCC1)O2. The van der Waals surface area contributed by atoms with E-state index < -0.39 is 58.0 Å². The predicted molar refractivity (Wildman–Crippen MR) is 142 cm³/mol. The van der Waals surface area contributed by atoms with Gasteiger partial charge in [0.05, 0.1) is 50.3 Å². The molecule has 5 heterocycles. The molecule has 3 aliphatic heterocycles. The van der Waals surface area contributed by atoms with Gasteiger partial charge in [0.1, 0.15) is 6.10 Å². The van der Waals surface area contributed by atoms with E-state index in [2.05, 4.69) is 15.0 Å². The van der Waals surface area contributed by atoms with Crippen LogP contribution >= 0.6 is 15.6 Å². The number of hydrogen-bond acceptors (Lipinski definition) is 12. The summed E-state index contributed by atoms with van der Waals surface area (Å²) in [7, 11) is -7.39. The highest BCUT2D eigenvalue weighted by molar-refractivity contribution is 7.48. The van der Waals surface area contributed by atoms with E-state index in [1.165, 1.54) is 30.8 Å². The summed E-state index contributed by atoms with van der Waals surface area (Å²) in [5.74, 6) is 0.150. The molecule has 0 amide bonds. The molecular weight excluding hydrogens is 582 g/mol. The second-order valence-electron chi connectivity index (χ2n) is 11.0. The number of imidazole rings is 1. The minimum absolute atomic E-state index is 0.0758. The zero-order valence-corrected chi connectivity index (χ0v) is 24.5. The first kappa shape index (κ1) is 29.6. The van der Waals surface area contributed by atoms with Gasteiger partial charge >= 0.3 is 15.6 Å². The summed E-state index contributed by atoms with van der Waals surface area (Å²) < 4.78 is 68.7. The van der Waals surface area contributed by atoms with E-state index >= 15 is 0 Å². The van der Waals surface area contributed by atoms with E-state index in [-0.39, 0.29) is 43.1 Å². The number of H-pyrrole nitrogens is 1. The van der Waals surface area contributed by atoms with E-state index in [4.69, 9.17) is 32.1 Å². The molecular formula is C24H36N4O11P2. The molecule has 0 spiro atoms. The Bertz CT molecular complexity index is 1360. The molecule has 6 unspecified atom stereocenters. The third kappa shape index (κ3) is 6.54. The number of nitrogens with one attached hydrogen (secondary N) is 1. The Morgan fingerprint density at radius 1 is 0.976 bits per heavy atom. The Hall–Kier alpha value is -1.51. The summed E-state index contributed by atoms with van der Waals surface area (Å²) >= 11 is 0. The highest BCUT2D eigenvalue weighted by atomic mass is 31.2. The van der Waals surface area contributed by atoms with Gasteiger partial charge in [0.25, 0.3) is 5.56 Å². The van der Waals surface area contributed by atoms with E-state index in [1.807, 2.05) is 0 Å². The van der Waals surface area contributed by atoms with Crippen LogP contribution in [-0.4, -0.2) is 75.3 Å². The molecule has 0 radical (unpaired) electrons. The molecule has 8 atom stereocenters. The second-order valence-corrected chi connectivity index (χ2v) is 14.1. The van der Waals surface area contributed by atoms with E-state index in [9.17, 15) is 18.8 Å². The lowest BCUT2D eigenvalue weighted by Crippen LogP contribution is -2.32. The maximum atomic E-state index is 13.6. The molecule has 4 bridgehead atoms. The van der Waals surface area contributed by atoms with Crippen LogP contribution in [0.15, 0.2) is 17.4 Å². The maximum absolute atomic E-state index is 13.6. The second kappa shape index (κ2) is 12.2. The van der Waals surface area contributed by atoms with Crippen LogP contribution in [0, 0.1) is 5.92 Å². The van der Waals surface area contributed by atoms with Gasteiger partial charge in [-0.3, -0.25) is 32.0 Å². The van der Waals surface area contributed by atoms with Crippen molar-refractivity contribution in [3.8, 4) is 0 Å². The lowest BCUT2D eigenvalue weighted by Gasteiger charge is -2.30. The summed E-state index contributed by atoms with van der Waals surface area (Å²) in [6.45, 7) is -0.453. The average Bonchev–Trinajstić information content (AvgIpc) is 3.63. The normalized spacial score (nSPS) is 39.8. The van der Waals surface area contributed by atoms with Gasteiger partial charge in [0, 0.05) is 20.0 Å². The maximum Gasteiger partial charge on any atom is 0.475 e. The largest absolute Gasteiger partial charge is 0.475 e. The number of aromatic nitrogens is 4. The summed E-state index contributed by atoms with van der Waals surface area (Å²) in [6, 6.07) is 0. The van der Waals surface area contributed by atoms with E-state index in [1.54, 1.807) is 0 Å². The number of phosphoric acid groups is 2.